The molecule has 0 radical (unpaired) electrons. The average molecular weight is 344 g/mol. The molecule has 0 saturated heterocycles. The molecule has 0 aliphatic heterocycles. The Hall–Kier alpha value is -2.71. The highest BCUT2D eigenvalue weighted by atomic mass is 32.2. The first-order valence-corrected chi connectivity index (χ1v) is 8.49. The second kappa shape index (κ2) is 6.81. The van der Waals surface area contributed by atoms with Crippen LogP contribution in [0.5, 0.6) is 0 Å². The van der Waals surface area contributed by atoms with Gasteiger partial charge in [0.2, 0.25) is 10.0 Å². The molecule has 2 aromatic heterocycles. The van der Waals surface area contributed by atoms with Crippen molar-refractivity contribution in [3.05, 3.63) is 72.7 Å². The molecule has 0 aliphatic rings. The van der Waals surface area contributed by atoms with Gasteiger partial charge >= 0.3 is 0 Å². The molecule has 0 bridgehead atoms. The number of nitrogens with zero attached hydrogens (tertiary/aromatic N) is 3. The summed E-state index contributed by atoms with van der Waals surface area (Å²) in [5.41, 5.74) is 1.80. The highest BCUT2D eigenvalue weighted by Crippen LogP contribution is 2.17. The van der Waals surface area contributed by atoms with Crippen molar-refractivity contribution in [2.75, 3.05) is 0 Å². The molecule has 0 aliphatic carbocycles. The highest BCUT2D eigenvalue weighted by molar-refractivity contribution is 7.89. The standard InChI is InChI=1S/C16H13FN4O2S/c17-13-5-3-12(4-6-13)16-8-14(19-11-20-16)9-21-24(22,23)15-2-1-7-18-10-15/h1-8,10-11,21H,9H2. The van der Waals surface area contributed by atoms with Gasteiger partial charge < -0.3 is 0 Å². The van der Waals surface area contributed by atoms with Crippen LogP contribution in [0.1, 0.15) is 5.69 Å². The zero-order chi connectivity index (χ0) is 17.0. The van der Waals surface area contributed by atoms with E-state index in [1.807, 2.05) is 0 Å². The molecule has 2 heterocycles. The van der Waals surface area contributed by atoms with Crippen molar-refractivity contribution in [2.24, 2.45) is 0 Å². The van der Waals surface area contributed by atoms with Gasteiger partial charge in [-0.2, -0.15) is 0 Å². The number of sulfonamides is 1. The Morgan fingerprint density at radius 3 is 2.58 bits per heavy atom. The van der Waals surface area contributed by atoms with E-state index in [1.165, 1.54) is 36.9 Å². The van der Waals surface area contributed by atoms with E-state index in [0.29, 0.717) is 11.4 Å². The van der Waals surface area contributed by atoms with Crippen molar-refractivity contribution in [2.45, 2.75) is 11.4 Å². The predicted molar refractivity (Wildman–Crippen MR) is 85.7 cm³/mol. The minimum Gasteiger partial charge on any atom is -0.263 e. The molecular formula is C16H13FN4O2S. The molecule has 24 heavy (non-hydrogen) atoms. The van der Waals surface area contributed by atoms with Gasteiger partial charge in [0, 0.05) is 18.0 Å². The number of halogens is 1. The number of nitrogens with one attached hydrogen (secondary N) is 1. The molecule has 0 fully saturated rings. The van der Waals surface area contributed by atoms with Crippen LogP contribution in [0.3, 0.4) is 0 Å². The van der Waals surface area contributed by atoms with E-state index in [9.17, 15) is 12.8 Å². The first-order valence-electron chi connectivity index (χ1n) is 7.01. The van der Waals surface area contributed by atoms with Gasteiger partial charge in [0.05, 0.1) is 17.9 Å². The van der Waals surface area contributed by atoms with Crippen molar-refractivity contribution in [3.63, 3.8) is 0 Å². The largest absolute Gasteiger partial charge is 0.263 e. The predicted octanol–water partition coefficient (Wildman–Crippen LogP) is 2.16. The van der Waals surface area contributed by atoms with Gasteiger partial charge in [-0.3, -0.25) is 4.98 Å². The zero-order valence-corrected chi connectivity index (χ0v) is 13.2. The lowest BCUT2D eigenvalue weighted by Crippen LogP contribution is -2.23. The lowest BCUT2D eigenvalue weighted by atomic mass is 10.1. The van der Waals surface area contributed by atoms with Crippen LogP contribution in [-0.2, 0) is 16.6 Å². The first kappa shape index (κ1) is 16.2. The number of pyridine rings is 1. The molecule has 1 aromatic carbocycles. The smallest absolute Gasteiger partial charge is 0.242 e. The summed E-state index contributed by atoms with van der Waals surface area (Å²) in [7, 11) is -3.66. The fourth-order valence-corrected chi connectivity index (χ4v) is 2.99. The van der Waals surface area contributed by atoms with Crippen molar-refractivity contribution < 1.29 is 12.8 Å². The second-order valence-corrected chi connectivity index (χ2v) is 6.68. The summed E-state index contributed by atoms with van der Waals surface area (Å²) in [5, 5.41) is 0. The quantitative estimate of drug-likeness (QED) is 0.767. The summed E-state index contributed by atoms with van der Waals surface area (Å²) in [6.45, 7) is 0.00788. The number of hydrogen-bond acceptors (Lipinski definition) is 5. The molecule has 3 rings (SSSR count). The molecule has 1 N–H and O–H groups in total. The van der Waals surface area contributed by atoms with Crippen molar-refractivity contribution in [1.82, 2.24) is 19.7 Å². The molecule has 0 saturated carbocycles. The number of benzene rings is 1. The zero-order valence-electron chi connectivity index (χ0n) is 12.4. The maximum atomic E-state index is 13.0. The van der Waals surface area contributed by atoms with Crippen LogP contribution in [0, 0.1) is 5.82 Å². The van der Waals surface area contributed by atoms with E-state index in [1.54, 1.807) is 24.3 Å². The van der Waals surface area contributed by atoms with Crippen LogP contribution in [0.15, 0.2) is 66.1 Å². The van der Waals surface area contributed by atoms with Crippen LogP contribution in [0.2, 0.25) is 0 Å². The maximum Gasteiger partial charge on any atom is 0.242 e. The molecule has 0 atom stereocenters. The number of hydrogen-bond donors (Lipinski definition) is 1. The fourth-order valence-electron chi connectivity index (χ4n) is 2.03. The second-order valence-electron chi connectivity index (χ2n) is 4.91. The minimum atomic E-state index is -3.66. The average Bonchev–Trinajstić information content (AvgIpc) is 2.62. The van der Waals surface area contributed by atoms with Crippen LogP contribution in [0.25, 0.3) is 11.3 Å². The maximum absolute atomic E-state index is 13.0. The van der Waals surface area contributed by atoms with Crippen molar-refractivity contribution >= 4 is 10.0 Å². The summed E-state index contributed by atoms with van der Waals surface area (Å²) in [6.07, 6.45) is 4.11. The van der Waals surface area contributed by atoms with Gasteiger partial charge in [0.15, 0.2) is 0 Å². The Morgan fingerprint density at radius 1 is 1.08 bits per heavy atom. The van der Waals surface area contributed by atoms with Crippen molar-refractivity contribution in [1.29, 1.82) is 0 Å². The number of rotatable bonds is 5. The third-order valence-corrected chi connectivity index (χ3v) is 4.64. The van der Waals surface area contributed by atoms with E-state index in [2.05, 4.69) is 19.7 Å². The van der Waals surface area contributed by atoms with Gasteiger partial charge in [-0.25, -0.2) is 27.5 Å². The summed E-state index contributed by atoms with van der Waals surface area (Å²) >= 11 is 0. The highest BCUT2D eigenvalue weighted by Gasteiger charge is 2.14. The molecule has 0 spiro atoms. The summed E-state index contributed by atoms with van der Waals surface area (Å²) in [6, 6.07) is 10.5. The summed E-state index contributed by atoms with van der Waals surface area (Å²) in [4.78, 5) is 12.0. The SMILES string of the molecule is O=S(=O)(NCc1cc(-c2ccc(F)cc2)ncn1)c1cccnc1. The Labute approximate surface area is 138 Å². The van der Waals surface area contributed by atoms with Gasteiger partial charge in [0.25, 0.3) is 0 Å². The van der Waals surface area contributed by atoms with Crippen LogP contribution >= 0.6 is 0 Å². The third kappa shape index (κ3) is 3.79. The molecular weight excluding hydrogens is 331 g/mol. The van der Waals surface area contributed by atoms with Crippen molar-refractivity contribution in [3.8, 4) is 11.3 Å². The molecule has 122 valence electrons. The van der Waals surface area contributed by atoms with E-state index in [4.69, 9.17) is 0 Å². The summed E-state index contributed by atoms with van der Waals surface area (Å²) in [5.74, 6) is -0.336. The van der Waals surface area contributed by atoms with Gasteiger partial charge in [-0.15, -0.1) is 0 Å². The molecule has 6 nitrogen and oxygen atoms in total. The van der Waals surface area contributed by atoms with Gasteiger partial charge in [-0.1, -0.05) is 0 Å². The Morgan fingerprint density at radius 2 is 1.88 bits per heavy atom. The lowest BCUT2D eigenvalue weighted by Gasteiger charge is -2.07. The van der Waals surface area contributed by atoms with E-state index >= 15 is 0 Å². The minimum absolute atomic E-state index is 0.00788. The fraction of sp³-hybridized carbons (Fsp3) is 0.0625. The topological polar surface area (TPSA) is 84.8 Å². The van der Waals surface area contributed by atoms with E-state index in [-0.39, 0.29) is 17.3 Å². The van der Waals surface area contributed by atoms with Gasteiger partial charge in [-0.05, 0) is 42.5 Å². The molecule has 8 heteroatoms. The van der Waals surface area contributed by atoms with Crippen LogP contribution in [-0.4, -0.2) is 23.4 Å². The summed E-state index contributed by atoms with van der Waals surface area (Å²) < 4.78 is 39.8. The van der Waals surface area contributed by atoms with Crippen LogP contribution in [0.4, 0.5) is 4.39 Å². The Kier molecular flexibility index (Phi) is 4.59. The number of aromatic nitrogens is 3. The van der Waals surface area contributed by atoms with E-state index < -0.39 is 10.0 Å². The molecule has 0 unspecified atom stereocenters. The van der Waals surface area contributed by atoms with E-state index in [0.717, 1.165) is 5.56 Å². The third-order valence-electron chi connectivity index (χ3n) is 3.25. The lowest BCUT2D eigenvalue weighted by molar-refractivity contribution is 0.580. The molecule has 3 aromatic rings. The monoisotopic (exact) mass is 344 g/mol. The van der Waals surface area contributed by atoms with Gasteiger partial charge in [0.1, 0.15) is 17.0 Å². The Balaban J connectivity index is 1.77. The normalized spacial score (nSPS) is 11.4. The Bertz CT molecular complexity index is 932. The molecule has 0 amide bonds. The first-order chi connectivity index (χ1) is 11.5. The van der Waals surface area contributed by atoms with Crippen LogP contribution < -0.4 is 4.72 Å².